The minimum atomic E-state index is 0.467. The van der Waals surface area contributed by atoms with Gasteiger partial charge >= 0.3 is 0 Å². The molecule has 0 aromatic carbocycles. The molecule has 76 valence electrons. The highest BCUT2D eigenvalue weighted by Gasteiger charge is 2.18. The summed E-state index contributed by atoms with van der Waals surface area (Å²) in [6.07, 6.45) is 2.88. The molecule has 1 aliphatic heterocycles. The lowest BCUT2D eigenvalue weighted by Gasteiger charge is -2.07. The monoisotopic (exact) mass is 200 g/mol. The fourth-order valence-electron chi connectivity index (χ4n) is 1.97. The molecular weight excluding hydrogens is 188 g/mol. The molecule has 1 saturated heterocycles. The highest BCUT2D eigenvalue weighted by atomic mass is 16.5. The van der Waals surface area contributed by atoms with Gasteiger partial charge in [-0.25, -0.2) is 0 Å². The van der Waals surface area contributed by atoms with E-state index in [2.05, 4.69) is 16.0 Å². The Bertz CT molecular complexity index is 478. The number of pyridine rings is 2. The van der Waals surface area contributed by atoms with Crippen molar-refractivity contribution in [1.29, 1.82) is 0 Å². The predicted octanol–water partition coefficient (Wildman–Crippen LogP) is 2.13. The first-order chi connectivity index (χ1) is 7.43. The Morgan fingerprint density at radius 3 is 3.07 bits per heavy atom. The molecule has 3 rings (SSSR count). The Hall–Kier alpha value is -1.48. The highest BCUT2D eigenvalue weighted by molar-refractivity contribution is 5.73. The smallest absolute Gasteiger partial charge is 0.0890 e. The second-order valence-corrected chi connectivity index (χ2v) is 3.84. The summed E-state index contributed by atoms with van der Waals surface area (Å²) in [7, 11) is 0. The van der Waals surface area contributed by atoms with Crippen LogP contribution in [0.15, 0.2) is 30.5 Å². The topological polar surface area (TPSA) is 35.0 Å². The minimum Gasteiger partial charge on any atom is -0.381 e. The Labute approximate surface area is 88.1 Å². The molecular formula is C12H12N2O. The van der Waals surface area contributed by atoms with Crippen molar-refractivity contribution in [3.63, 3.8) is 0 Å². The van der Waals surface area contributed by atoms with Gasteiger partial charge in [0.15, 0.2) is 0 Å². The van der Waals surface area contributed by atoms with E-state index in [0.29, 0.717) is 5.92 Å². The Kier molecular flexibility index (Phi) is 2.10. The van der Waals surface area contributed by atoms with Crippen molar-refractivity contribution in [2.24, 2.45) is 0 Å². The molecule has 0 saturated carbocycles. The van der Waals surface area contributed by atoms with Gasteiger partial charge in [-0.2, -0.15) is 0 Å². The Balaban J connectivity index is 2.05. The molecule has 3 heteroatoms. The van der Waals surface area contributed by atoms with Crippen molar-refractivity contribution < 1.29 is 4.74 Å². The molecule has 1 aliphatic rings. The molecule has 0 bridgehead atoms. The maximum absolute atomic E-state index is 5.37. The van der Waals surface area contributed by atoms with Crippen LogP contribution < -0.4 is 0 Å². The third kappa shape index (κ3) is 1.59. The van der Waals surface area contributed by atoms with E-state index in [-0.39, 0.29) is 0 Å². The quantitative estimate of drug-likeness (QED) is 0.707. The van der Waals surface area contributed by atoms with Crippen LogP contribution in [0.1, 0.15) is 18.0 Å². The van der Waals surface area contributed by atoms with Crippen LogP contribution in [0.5, 0.6) is 0 Å². The molecule has 1 unspecified atom stereocenters. The van der Waals surface area contributed by atoms with E-state index in [1.807, 2.05) is 18.2 Å². The van der Waals surface area contributed by atoms with E-state index in [1.165, 1.54) is 0 Å². The Morgan fingerprint density at radius 2 is 2.20 bits per heavy atom. The Morgan fingerprint density at radius 1 is 1.20 bits per heavy atom. The summed E-state index contributed by atoms with van der Waals surface area (Å²) >= 11 is 0. The fraction of sp³-hybridized carbons (Fsp3) is 0.333. The molecule has 3 nitrogen and oxygen atoms in total. The van der Waals surface area contributed by atoms with Gasteiger partial charge in [0.1, 0.15) is 0 Å². The first kappa shape index (κ1) is 8.80. The number of hydrogen-bond donors (Lipinski definition) is 0. The van der Waals surface area contributed by atoms with Crippen molar-refractivity contribution in [3.8, 4) is 0 Å². The van der Waals surface area contributed by atoms with Crippen molar-refractivity contribution in [3.05, 3.63) is 36.2 Å². The van der Waals surface area contributed by atoms with E-state index < -0.39 is 0 Å². The molecule has 1 fully saturated rings. The zero-order valence-corrected chi connectivity index (χ0v) is 8.39. The maximum Gasteiger partial charge on any atom is 0.0890 e. The SMILES string of the molecule is c1cnc2ccc(C3CCOC3)nc2c1. The number of fused-ring (bicyclic) bond motifs is 1. The second kappa shape index (κ2) is 3.59. The summed E-state index contributed by atoms with van der Waals surface area (Å²) in [6, 6.07) is 8.02. The van der Waals surface area contributed by atoms with Crippen molar-refractivity contribution in [2.45, 2.75) is 12.3 Å². The van der Waals surface area contributed by atoms with Gasteiger partial charge in [-0.05, 0) is 30.7 Å². The average Bonchev–Trinajstić information content (AvgIpc) is 2.82. The van der Waals surface area contributed by atoms with Crippen LogP contribution in [0.3, 0.4) is 0 Å². The van der Waals surface area contributed by atoms with Crippen molar-refractivity contribution in [1.82, 2.24) is 9.97 Å². The normalized spacial score (nSPS) is 20.9. The van der Waals surface area contributed by atoms with E-state index in [0.717, 1.165) is 36.4 Å². The molecule has 0 amide bonds. The van der Waals surface area contributed by atoms with Crippen LogP contribution >= 0.6 is 0 Å². The first-order valence-electron chi connectivity index (χ1n) is 5.23. The lowest BCUT2D eigenvalue weighted by atomic mass is 10.0. The third-order valence-corrected chi connectivity index (χ3v) is 2.83. The minimum absolute atomic E-state index is 0.467. The number of rotatable bonds is 1. The summed E-state index contributed by atoms with van der Waals surface area (Å²) in [5.41, 5.74) is 3.06. The largest absolute Gasteiger partial charge is 0.381 e. The summed E-state index contributed by atoms with van der Waals surface area (Å²) in [6.45, 7) is 1.66. The van der Waals surface area contributed by atoms with Crippen LogP contribution in [0.2, 0.25) is 0 Å². The molecule has 15 heavy (non-hydrogen) atoms. The van der Waals surface area contributed by atoms with Crippen LogP contribution in [-0.4, -0.2) is 23.2 Å². The van der Waals surface area contributed by atoms with Gasteiger partial charge in [0.25, 0.3) is 0 Å². The van der Waals surface area contributed by atoms with Gasteiger partial charge in [0, 0.05) is 24.4 Å². The highest BCUT2D eigenvalue weighted by Crippen LogP contribution is 2.24. The lowest BCUT2D eigenvalue weighted by Crippen LogP contribution is -2.00. The average molecular weight is 200 g/mol. The lowest BCUT2D eigenvalue weighted by molar-refractivity contribution is 0.193. The molecule has 2 aromatic rings. The molecule has 0 spiro atoms. The van der Waals surface area contributed by atoms with E-state index in [4.69, 9.17) is 4.74 Å². The summed E-state index contributed by atoms with van der Waals surface area (Å²) < 4.78 is 5.37. The summed E-state index contributed by atoms with van der Waals surface area (Å²) in [5.74, 6) is 0.467. The predicted molar refractivity (Wildman–Crippen MR) is 57.7 cm³/mol. The molecule has 1 atom stereocenters. The first-order valence-corrected chi connectivity index (χ1v) is 5.23. The zero-order valence-electron chi connectivity index (χ0n) is 8.39. The molecule has 0 radical (unpaired) electrons. The second-order valence-electron chi connectivity index (χ2n) is 3.84. The number of ether oxygens (including phenoxy) is 1. The van der Waals surface area contributed by atoms with Gasteiger partial charge in [0.05, 0.1) is 17.6 Å². The van der Waals surface area contributed by atoms with Gasteiger partial charge in [-0.1, -0.05) is 0 Å². The van der Waals surface area contributed by atoms with Gasteiger partial charge in [0.2, 0.25) is 0 Å². The van der Waals surface area contributed by atoms with Crippen LogP contribution in [0.4, 0.5) is 0 Å². The van der Waals surface area contributed by atoms with Crippen molar-refractivity contribution in [2.75, 3.05) is 13.2 Å². The number of hydrogen-bond acceptors (Lipinski definition) is 3. The fourth-order valence-corrected chi connectivity index (χ4v) is 1.97. The molecule has 0 N–H and O–H groups in total. The number of nitrogens with zero attached hydrogens (tertiary/aromatic N) is 2. The zero-order chi connectivity index (χ0) is 10.1. The van der Waals surface area contributed by atoms with Crippen molar-refractivity contribution >= 4 is 11.0 Å². The summed E-state index contributed by atoms with van der Waals surface area (Å²) in [4.78, 5) is 8.87. The van der Waals surface area contributed by atoms with Gasteiger partial charge < -0.3 is 4.74 Å². The van der Waals surface area contributed by atoms with Crippen LogP contribution in [0.25, 0.3) is 11.0 Å². The maximum atomic E-state index is 5.37. The van der Waals surface area contributed by atoms with Crippen LogP contribution in [-0.2, 0) is 4.74 Å². The van der Waals surface area contributed by atoms with Gasteiger partial charge in [-0.3, -0.25) is 9.97 Å². The van der Waals surface area contributed by atoms with Crippen LogP contribution in [0, 0.1) is 0 Å². The van der Waals surface area contributed by atoms with E-state index in [9.17, 15) is 0 Å². The standard InChI is InChI=1S/C12H12N2O/c1-2-12-11(13-6-1)4-3-10(14-12)9-5-7-15-8-9/h1-4,6,9H,5,7-8H2. The number of aromatic nitrogens is 2. The molecule has 3 heterocycles. The third-order valence-electron chi connectivity index (χ3n) is 2.83. The molecule has 2 aromatic heterocycles. The van der Waals surface area contributed by atoms with E-state index >= 15 is 0 Å². The molecule has 0 aliphatic carbocycles. The van der Waals surface area contributed by atoms with Gasteiger partial charge in [-0.15, -0.1) is 0 Å². The van der Waals surface area contributed by atoms with E-state index in [1.54, 1.807) is 6.20 Å². The summed E-state index contributed by atoms with van der Waals surface area (Å²) in [5, 5.41) is 0.